The monoisotopic (exact) mass is 1160 g/mol. The number of hydrogen-bond donors (Lipinski definition) is 0. The molecule has 0 radical (unpaired) electrons. The third kappa shape index (κ3) is 8.26. The summed E-state index contributed by atoms with van der Waals surface area (Å²) in [7, 11) is 0. The van der Waals surface area contributed by atoms with Crippen LogP contribution in [0.1, 0.15) is 20.5 Å². The molecule has 7 nitrogen and oxygen atoms in total. The van der Waals surface area contributed by atoms with Crippen LogP contribution in [-0.4, -0.2) is 23.9 Å². The SMILES string of the molecule is C.C.Cc1nnc(-c2[c-]c(Oc3[c-]c(-n4[c-][n+](-c5c(-n6c7ccccc7c7ccccc76)cccc5-n5c6ccccc6c6ccccc65)c5ccccc54)ccc3)ccc2)cc1-c1ccc(-c2ccccc2)cc1.[Pt]. The normalized spacial score (nSPS) is 11.2. The van der Waals surface area contributed by atoms with Crippen molar-refractivity contribution in [1.82, 2.24) is 23.9 Å². The van der Waals surface area contributed by atoms with Crippen molar-refractivity contribution >= 4 is 54.6 Å². The molecule has 14 rings (SSSR count). The number of para-hydroxylation sites is 7. The molecule has 4 heterocycles. The molecule has 14 aromatic rings. The Bertz CT molecular complexity index is 4200. The zero-order chi connectivity index (χ0) is 48.4. The zero-order valence-corrected chi connectivity index (χ0v) is 42.2. The van der Waals surface area contributed by atoms with Gasteiger partial charge in [0.25, 0.3) is 6.33 Å². The van der Waals surface area contributed by atoms with E-state index in [2.05, 4.69) is 241 Å². The molecule has 0 aliphatic heterocycles. The fourth-order valence-corrected chi connectivity index (χ4v) is 10.6. The summed E-state index contributed by atoms with van der Waals surface area (Å²) in [5.41, 5.74) is 16.9. The van der Waals surface area contributed by atoms with Crippen LogP contribution in [0, 0.1) is 25.4 Å². The Morgan fingerprint density at radius 3 is 1.50 bits per heavy atom. The summed E-state index contributed by atoms with van der Waals surface area (Å²) in [6, 6.07) is 89.8. The molecule has 0 amide bonds. The zero-order valence-electron chi connectivity index (χ0n) is 39.9. The van der Waals surface area contributed by atoms with Crippen molar-refractivity contribution in [1.29, 1.82) is 0 Å². The maximum atomic E-state index is 6.60. The molecule has 0 bridgehead atoms. The van der Waals surface area contributed by atoms with Crippen molar-refractivity contribution in [3.8, 4) is 67.8 Å². The minimum atomic E-state index is 0. The van der Waals surface area contributed by atoms with Crippen molar-refractivity contribution in [2.75, 3.05) is 0 Å². The van der Waals surface area contributed by atoms with Gasteiger partial charge in [0.1, 0.15) is 5.69 Å². The van der Waals surface area contributed by atoms with E-state index >= 15 is 0 Å². The molecule has 0 atom stereocenters. The maximum Gasteiger partial charge on any atom is 0.268 e. The summed E-state index contributed by atoms with van der Waals surface area (Å²) in [4.78, 5) is 0. The molecule has 0 fully saturated rings. The molecule has 0 spiro atoms. The molecule has 4 aromatic heterocycles. The molecular weight excluding hydrogens is 1110 g/mol. The van der Waals surface area contributed by atoms with Gasteiger partial charge in [0.2, 0.25) is 0 Å². The largest absolute Gasteiger partial charge is 0.503 e. The molecule has 0 aliphatic rings. The first-order chi connectivity index (χ1) is 36.1. The molecular formula is C68H50N6OPt-2. The van der Waals surface area contributed by atoms with Crippen molar-refractivity contribution < 1.29 is 30.4 Å². The van der Waals surface area contributed by atoms with E-state index in [1.165, 1.54) is 27.1 Å². The third-order valence-corrected chi connectivity index (χ3v) is 14.0. The van der Waals surface area contributed by atoms with Crippen LogP contribution in [0.25, 0.3) is 111 Å². The van der Waals surface area contributed by atoms with Gasteiger partial charge in [-0.2, -0.15) is 17.2 Å². The molecule has 8 heteroatoms. The van der Waals surface area contributed by atoms with Gasteiger partial charge in [-0.15, -0.1) is 35.9 Å². The Morgan fingerprint density at radius 2 is 0.908 bits per heavy atom. The summed E-state index contributed by atoms with van der Waals surface area (Å²) in [5.74, 6) is 1.07. The predicted octanol–water partition coefficient (Wildman–Crippen LogP) is 16.7. The smallest absolute Gasteiger partial charge is 0.268 e. The molecule has 370 valence electrons. The minimum Gasteiger partial charge on any atom is -0.503 e. The van der Waals surface area contributed by atoms with E-state index in [1.807, 2.05) is 49.4 Å². The van der Waals surface area contributed by atoms with Crippen molar-refractivity contribution in [3.63, 3.8) is 0 Å². The van der Waals surface area contributed by atoms with Gasteiger partial charge >= 0.3 is 0 Å². The van der Waals surface area contributed by atoms with E-state index in [9.17, 15) is 0 Å². The van der Waals surface area contributed by atoms with Crippen LogP contribution in [0.3, 0.4) is 0 Å². The van der Waals surface area contributed by atoms with Crippen LogP contribution >= 0.6 is 0 Å². The number of rotatable bonds is 9. The van der Waals surface area contributed by atoms with Gasteiger partial charge in [-0.3, -0.25) is 4.57 Å². The molecule has 0 aliphatic carbocycles. The van der Waals surface area contributed by atoms with Crippen LogP contribution in [-0.2, 0) is 21.1 Å². The van der Waals surface area contributed by atoms with Crippen LogP contribution < -0.4 is 9.30 Å². The van der Waals surface area contributed by atoms with Crippen molar-refractivity contribution in [2.45, 2.75) is 21.8 Å². The average Bonchev–Trinajstić information content (AvgIpc) is 4.12. The summed E-state index contributed by atoms with van der Waals surface area (Å²) < 4.78 is 15.7. The maximum absolute atomic E-state index is 6.60. The Labute approximate surface area is 456 Å². The Kier molecular flexibility index (Phi) is 13.1. The van der Waals surface area contributed by atoms with Gasteiger partial charge in [0.05, 0.1) is 50.2 Å². The fraction of sp³-hybridized carbons (Fsp3) is 0.0441. The predicted molar refractivity (Wildman–Crippen MR) is 307 cm³/mol. The second-order valence-corrected chi connectivity index (χ2v) is 18.2. The quantitative estimate of drug-likeness (QED) is 0.107. The minimum absolute atomic E-state index is 0. The van der Waals surface area contributed by atoms with Gasteiger partial charge in [0, 0.05) is 59.8 Å². The number of aryl methyl sites for hydroxylation is 1. The van der Waals surface area contributed by atoms with E-state index in [0.29, 0.717) is 17.2 Å². The van der Waals surface area contributed by atoms with Gasteiger partial charge in [-0.1, -0.05) is 185 Å². The second kappa shape index (κ2) is 20.3. The second-order valence-electron chi connectivity index (χ2n) is 18.2. The van der Waals surface area contributed by atoms with Crippen molar-refractivity contribution in [2.24, 2.45) is 0 Å². The van der Waals surface area contributed by atoms with Gasteiger partial charge in [-0.05, 0) is 71.3 Å². The third-order valence-electron chi connectivity index (χ3n) is 14.0. The number of benzene rings is 10. The number of aromatic nitrogens is 6. The Morgan fingerprint density at radius 1 is 0.434 bits per heavy atom. The summed E-state index contributed by atoms with van der Waals surface area (Å²) >= 11 is 0. The average molecular weight is 1160 g/mol. The van der Waals surface area contributed by atoms with Crippen LogP contribution in [0.15, 0.2) is 237 Å². The number of imidazole rings is 1. The number of fused-ring (bicyclic) bond motifs is 7. The topological polar surface area (TPSA) is 53.7 Å². The fourth-order valence-electron chi connectivity index (χ4n) is 10.6. The van der Waals surface area contributed by atoms with Crippen LogP contribution in [0.2, 0.25) is 0 Å². The van der Waals surface area contributed by atoms with Crippen LogP contribution in [0.4, 0.5) is 0 Å². The molecule has 0 N–H and O–H groups in total. The number of ether oxygens (including phenoxy) is 1. The first-order valence-corrected chi connectivity index (χ1v) is 24.4. The number of nitrogens with zero attached hydrogens (tertiary/aromatic N) is 6. The molecule has 0 saturated carbocycles. The first-order valence-electron chi connectivity index (χ1n) is 24.4. The summed E-state index contributed by atoms with van der Waals surface area (Å²) in [6.07, 6.45) is 3.87. The van der Waals surface area contributed by atoms with E-state index in [-0.39, 0.29) is 35.9 Å². The number of hydrogen-bond acceptors (Lipinski definition) is 3. The standard InChI is InChI=1S/C66H42N6O.2CH4.Pt/c1-44-56(47-38-36-46(37-39-47)45-18-3-2-4-19-45)42-57(68-67-44)48-20-15-22-50(40-48)73-51-23-16-21-49(41-51)69-43-70(63-33-14-13-32-62(63)69)66-64(71-58-28-9-5-24-52(58)53-25-6-10-29-59(53)71)34-17-35-65(66)72-60-30-11-7-26-54(60)55-27-8-12-31-61(55)72;;;/h2-39,42H,1H3;2*1H4;/q-2;;;. The van der Waals surface area contributed by atoms with E-state index in [0.717, 1.165) is 83.8 Å². The van der Waals surface area contributed by atoms with Crippen molar-refractivity contribution in [3.05, 3.63) is 261 Å². The summed E-state index contributed by atoms with van der Waals surface area (Å²) in [6.45, 7) is 1.99. The molecule has 0 unspecified atom stereocenters. The molecule has 0 saturated heterocycles. The van der Waals surface area contributed by atoms with Gasteiger partial charge in [-0.25, -0.2) is 5.10 Å². The van der Waals surface area contributed by atoms with E-state index in [4.69, 9.17) is 4.74 Å². The van der Waals surface area contributed by atoms with E-state index < -0.39 is 0 Å². The van der Waals surface area contributed by atoms with Gasteiger partial charge < -0.3 is 18.4 Å². The van der Waals surface area contributed by atoms with E-state index in [1.54, 1.807) is 0 Å². The molecule has 76 heavy (non-hydrogen) atoms. The Hall–Kier alpha value is -9.16. The van der Waals surface area contributed by atoms with Crippen LogP contribution in [0.5, 0.6) is 11.5 Å². The molecule has 10 aromatic carbocycles. The summed E-state index contributed by atoms with van der Waals surface area (Å²) in [5, 5.41) is 14.0. The van der Waals surface area contributed by atoms with Gasteiger partial charge in [0.15, 0.2) is 0 Å². The Balaban J connectivity index is 0.00000205. The first kappa shape index (κ1) is 49.1.